The first-order valence-electron chi connectivity index (χ1n) is 8.44. The third kappa shape index (κ3) is 2.74. The van der Waals surface area contributed by atoms with Gasteiger partial charge < -0.3 is 0 Å². The van der Waals surface area contributed by atoms with Crippen molar-refractivity contribution >= 4 is 0 Å². The fourth-order valence-electron chi connectivity index (χ4n) is 4.64. The summed E-state index contributed by atoms with van der Waals surface area (Å²) in [6, 6.07) is 0. The summed E-state index contributed by atoms with van der Waals surface area (Å²) in [6.07, 6.45) is 14.8. The van der Waals surface area contributed by atoms with E-state index in [4.69, 9.17) is 0 Å². The molecule has 3 aliphatic rings. The standard InChI is InChI=1S/C19H29/c1-13(2)16-10-8-14(3)12-19(16)18-11-9-15-6-4-5-7-17(15)18/h9,11,13-14,16,19H,4-8,10,12H2,1-3H3/t14-,16+,19+/m1/s1. The molecule has 0 aromatic rings. The molecule has 3 atom stereocenters. The number of rotatable bonds is 2. The number of hydrogen-bond donors (Lipinski definition) is 0. The first kappa shape index (κ1) is 14.0. The minimum Gasteiger partial charge on any atom is -0.0625 e. The smallest absolute Gasteiger partial charge is 0.00965 e. The molecular formula is C19H29. The Balaban J connectivity index is 1.74. The van der Waals surface area contributed by atoms with Crippen molar-refractivity contribution in [1.82, 2.24) is 0 Å². The lowest BCUT2D eigenvalue weighted by molar-refractivity contribution is 0.156. The van der Waals surface area contributed by atoms with E-state index < -0.39 is 0 Å². The van der Waals surface area contributed by atoms with Crippen LogP contribution in [0.25, 0.3) is 0 Å². The normalized spacial score (nSPS) is 38.8. The van der Waals surface area contributed by atoms with Crippen LogP contribution in [0.15, 0.2) is 0 Å². The van der Waals surface area contributed by atoms with Crippen LogP contribution in [-0.4, -0.2) is 0 Å². The summed E-state index contributed by atoms with van der Waals surface area (Å²) in [7, 11) is 0. The Bertz CT molecular complexity index is 292. The summed E-state index contributed by atoms with van der Waals surface area (Å²) < 4.78 is 0. The molecule has 3 rings (SSSR count). The van der Waals surface area contributed by atoms with Crippen molar-refractivity contribution in [3.63, 3.8) is 0 Å². The lowest BCUT2D eigenvalue weighted by atomic mass is 9.62. The lowest BCUT2D eigenvalue weighted by Crippen LogP contribution is -2.34. The van der Waals surface area contributed by atoms with Crippen LogP contribution in [0.1, 0.15) is 65.7 Å². The van der Waals surface area contributed by atoms with E-state index in [1.165, 1.54) is 44.9 Å². The largest absolute Gasteiger partial charge is 0.0625 e. The van der Waals surface area contributed by atoms with Gasteiger partial charge in [0.25, 0.3) is 0 Å². The maximum absolute atomic E-state index is 2.49. The molecule has 3 aliphatic carbocycles. The first-order chi connectivity index (χ1) is 9.16. The molecule has 0 aromatic carbocycles. The van der Waals surface area contributed by atoms with Crippen LogP contribution in [0.3, 0.4) is 0 Å². The summed E-state index contributed by atoms with van der Waals surface area (Å²) >= 11 is 0. The summed E-state index contributed by atoms with van der Waals surface area (Å²) in [4.78, 5) is 0. The Kier molecular flexibility index (Phi) is 4.25. The van der Waals surface area contributed by atoms with E-state index >= 15 is 0 Å². The molecule has 105 valence electrons. The third-order valence-corrected chi connectivity index (χ3v) is 5.74. The topological polar surface area (TPSA) is 0 Å². The minimum absolute atomic E-state index is 0.839. The van der Waals surface area contributed by atoms with Crippen molar-refractivity contribution in [1.29, 1.82) is 0 Å². The van der Waals surface area contributed by atoms with E-state index in [2.05, 4.69) is 33.6 Å². The van der Waals surface area contributed by atoms with Gasteiger partial charge in [-0.25, -0.2) is 0 Å². The van der Waals surface area contributed by atoms with E-state index in [9.17, 15) is 0 Å². The minimum atomic E-state index is 0.839. The zero-order valence-corrected chi connectivity index (χ0v) is 12.9. The fourth-order valence-corrected chi connectivity index (χ4v) is 4.64. The summed E-state index contributed by atoms with van der Waals surface area (Å²) in [6.45, 7) is 7.32. The highest BCUT2D eigenvalue weighted by molar-refractivity contribution is 5.52. The van der Waals surface area contributed by atoms with Gasteiger partial charge in [-0.15, -0.1) is 0 Å². The van der Waals surface area contributed by atoms with Gasteiger partial charge in [0.1, 0.15) is 0 Å². The van der Waals surface area contributed by atoms with Crippen LogP contribution in [0.5, 0.6) is 0 Å². The maximum Gasteiger partial charge on any atom is -0.00965 e. The Morgan fingerprint density at radius 3 is 2.63 bits per heavy atom. The van der Waals surface area contributed by atoms with E-state index in [1.807, 2.05) is 0 Å². The molecule has 0 spiro atoms. The van der Waals surface area contributed by atoms with Crippen LogP contribution in [0, 0.1) is 54.3 Å². The van der Waals surface area contributed by atoms with Crippen LogP contribution < -0.4 is 0 Å². The molecule has 0 unspecified atom stereocenters. The SMILES string of the molecule is CC(C)[C@@H]1CC[C@@H](C)C[C@@H]1[C]1[CH][CH][C]2CCCC[C]21. The molecule has 0 saturated heterocycles. The molecule has 5 radical (unpaired) electrons. The van der Waals surface area contributed by atoms with Crippen molar-refractivity contribution < 1.29 is 0 Å². The Morgan fingerprint density at radius 1 is 1.05 bits per heavy atom. The van der Waals surface area contributed by atoms with Crippen molar-refractivity contribution in [3.05, 3.63) is 30.6 Å². The van der Waals surface area contributed by atoms with Gasteiger partial charge >= 0.3 is 0 Å². The van der Waals surface area contributed by atoms with Gasteiger partial charge in [-0.1, -0.05) is 40.0 Å². The van der Waals surface area contributed by atoms with Crippen molar-refractivity contribution in [3.8, 4) is 0 Å². The molecule has 0 heteroatoms. The van der Waals surface area contributed by atoms with E-state index in [1.54, 1.807) is 17.8 Å². The predicted octanol–water partition coefficient (Wildman–Crippen LogP) is 5.41. The van der Waals surface area contributed by atoms with Crippen LogP contribution in [-0.2, 0) is 0 Å². The summed E-state index contributed by atoms with van der Waals surface area (Å²) in [5.74, 6) is 8.73. The molecule has 3 fully saturated rings. The van der Waals surface area contributed by atoms with Gasteiger partial charge in [0.2, 0.25) is 0 Å². The first-order valence-corrected chi connectivity index (χ1v) is 8.44. The number of hydrogen-bond acceptors (Lipinski definition) is 0. The van der Waals surface area contributed by atoms with Crippen LogP contribution in [0.2, 0.25) is 0 Å². The fraction of sp³-hybridized carbons (Fsp3) is 0.737. The molecule has 0 aliphatic heterocycles. The van der Waals surface area contributed by atoms with Crippen molar-refractivity contribution in [2.24, 2.45) is 23.7 Å². The predicted molar refractivity (Wildman–Crippen MR) is 81.6 cm³/mol. The zero-order chi connectivity index (χ0) is 13.4. The van der Waals surface area contributed by atoms with E-state index in [0.717, 1.165) is 23.7 Å². The Morgan fingerprint density at radius 2 is 1.84 bits per heavy atom. The van der Waals surface area contributed by atoms with Gasteiger partial charge in [-0.2, -0.15) is 0 Å². The molecule has 0 amide bonds. The molecule has 0 nitrogen and oxygen atoms in total. The van der Waals surface area contributed by atoms with Gasteiger partial charge in [-0.05, 0) is 80.0 Å². The van der Waals surface area contributed by atoms with Gasteiger partial charge in [0.15, 0.2) is 0 Å². The second kappa shape index (κ2) is 5.78. The highest BCUT2D eigenvalue weighted by atomic mass is 14.5. The second-order valence-corrected chi connectivity index (χ2v) is 7.43. The molecule has 0 aromatic heterocycles. The van der Waals surface area contributed by atoms with Gasteiger partial charge in [-0.3, -0.25) is 0 Å². The maximum atomic E-state index is 2.49. The summed E-state index contributed by atoms with van der Waals surface area (Å²) in [5, 5.41) is 0. The average molecular weight is 257 g/mol. The molecular weight excluding hydrogens is 228 g/mol. The van der Waals surface area contributed by atoms with E-state index in [-0.39, 0.29) is 0 Å². The summed E-state index contributed by atoms with van der Waals surface area (Å²) in [5.41, 5.74) is 0. The third-order valence-electron chi connectivity index (χ3n) is 5.74. The number of fused-ring (bicyclic) bond motifs is 1. The van der Waals surface area contributed by atoms with Crippen LogP contribution in [0.4, 0.5) is 0 Å². The van der Waals surface area contributed by atoms with Gasteiger partial charge in [0, 0.05) is 0 Å². The van der Waals surface area contributed by atoms with Crippen LogP contribution >= 0.6 is 0 Å². The van der Waals surface area contributed by atoms with Gasteiger partial charge in [0.05, 0.1) is 0 Å². The highest BCUT2D eigenvalue weighted by Gasteiger charge is 2.46. The Labute approximate surface area is 120 Å². The second-order valence-electron chi connectivity index (χ2n) is 7.43. The van der Waals surface area contributed by atoms with E-state index in [0.29, 0.717) is 0 Å². The molecule has 19 heavy (non-hydrogen) atoms. The zero-order valence-electron chi connectivity index (χ0n) is 12.9. The molecule has 3 saturated carbocycles. The van der Waals surface area contributed by atoms with Crippen molar-refractivity contribution in [2.75, 3.05) is 0 Å². The highest BCUT2D eigenvalue weighted by Crippen LogP contribution is 2.56. The monoisotopic (exact) mass is 257 g/mol. The molecule has 0 N–H and O–H groups in total. The molecule has 0 heterocycles. The average Bonchev–Trinajstić information content (AvgIpc) is 2.82. The van der Waals surface area contributed by atoms with Crippen molar-refractivity contribution in [2.45, 2.75) is 65.7 Å². The molecule has 0 bridgehead atoms. The lowest BCUT2D eigenvalue weighted by Gasteiger charge is -2.43. The Hall–Kier alpha value is 0. The quantitative estimate of drug-likeness (QED) is 0.620.